The normalized spacial score (nSPS) is 11.5. The Labute approximate surface area is 164 Å². The second-order valence-electron chi connectivity index (χ2n) is 6.34. The van der Waals surface area contributed by atoms with E-state index in [1.54, 1.807) is 58.4 Å². The summed E-state index contributed by atoms with van der Waals surface area (Å²) >= 11 is 0. The zero-order valence-corrected chi connectivity index (χ0v) is 16.9. The summed E-state index contributed by atoms with van der Waals surface area (Å²) in [6.07, 6.45) is 1.46. The first-order chi connectivity index (χ1) is 13.3. The van der Waals surface area contributed by atoms with E-state index in [0.29, 0.717) is 28.5 Å². The summed E-state index contributed by atoms with van der Waals surface area (Å²) in [5.74, 6) is 1.76. The lowest BCUT2D eigenvalue weighted by atomic mass is 10.2. The van der Waals surface area contributed by atoms with Crippen LogP contribution in [0.2, 0.25) is 0 Å². The molecule has 0 saturated heterocycles. The fourth-order valence-electron chi connectivity index (χ4n) is 2.52. The molecule has 0 amide bonds. The van der Waals surface area contributed by atoms with Gasteiger partial charge in [0.05, 0.1) is 25.0 Å². The Morgan fingerprint density at radius 3 is 2.14 bits per heavy atom. The number of fused-ring (bicyclic) bond motifs is 1. The average molecular weight is 402 g/mol. The highest BCUT2D eigenvalue weighted by Crippen LogP contribution is 2.34. The number of nitrogens with zero attached hydrogens (tertiary/aromatic N) is 2. The van der Waals surface area contributed by atoms with E-state index in [0.717, 1.165) is 11.1 Å². The van der Waals surface area contributed by atoms with Crippen LogP contribution in [0.1, 0.15) is 13.8 Å². The molecule has 0 bridgehead atoms. The smallest absolute Gasteiger partial charge is 0.235 e. The predicted octanol–water partition coefficient (Wildman–Crippen LogP) is 3.54. The highest BCUT2D eigenvalue weighted by molar-refractivity contribution is 7.93. The zero-order valence-electron chi connectivity index (χ0n) is 16.1. The van der Waals surface area contributed by atoms with Gasteiger partial charge in [0.1, 0.15) is 12.1 Å². The van der Waals surface area contributed by atoms with Gasteiger partial charge in [-0.05, 0) is 44.2 Å². The number of aromatic nitrogens is 2. The molecular formula is C19H22N4O4S. The van der Waals surface area contributed by atoms with Crippen molar-refractivity contribution in [3.8, 4) is 11.5 Å². The van der Waals surface area contributed by atoms with Crippen molar-refractivity contribution >= 4 is 38.1 Å². The summed E-state index contributed by atoms with van der Waals surface area (Å²) in [6.45, 7) is 3.25. The van der Waals surface area contributed by atoms with Gasteiger partial charge in [0, 0.05) is 22.8 Å². The highest BCUT2D eigenvalue weighted by Gasteiger charge is 2.15. The third kappa shape index (κ3) is 4.09. The van der Waals surface area contributed by atoms with E-state index in [4.69, 9.17) is 9.47 Å². The summed E-state index contributed by atoms with van der Waals surface area (Å²) in [6, 6.07) is 10.5. The molecule has 3 aromatic rings. The average Bonchev–Trinajstić information content (AvgIpc) is 2.68. The van der Waals surface area contributed by atoms with Crippen molar-refractivity contribution in [2.45, 2.75) is 19.1 Å². The molecule has 0 saturated carbocycles. The van der Waals surface area contributed by atoms with Gasteiger partial charge in [0.15, 0.2) is 11.5 Å². The SMILES string of the molecule is COc1cc2ncnc(Nc3ccc(NS(=O)(=O)C(C)C)cc3)c2cc1OC. The van der Waals surface area contributed by atoms with E-state index in [9.17, 15) is 8.42 Å². The van der Waals surface area contributed by atoms with Crippen molar-refractivity contribution in [1.82, 2.24) is 9.97 Å². The van der Waals surface area contributed by atoms with Crippen molar-refractivity contribution in [3.05, 3.63) is 42.7 Å². The minimum Gasteiger partial charge on any atom is -0.493 e. The number of sulfonamides is 1. The molecule has 8 nitrogen and oxygen atoms in total. The predicted molar refractivity (Wildman–Crippen MR) is 110 cm³/mol. The second kappa shape index (κ2) is 7.89. The molecule has 1 heterocycles. The topological polar surface area (TPSA) is 102 Å². The second-order valence-corrected chi connectivity index (χ2v) is 8.58. The lowest BCUT2D eigenvalue weighted by molar-refractivity contribution is 0.356. The van der Waals surface area contributed by atoms with Crippen LogP contribution in [0.3, 0.4) is 0 Å². The van der Waals surface area contributed by atoms with Gasteiger partial charge in [-0.2, -0.15) is 0 Å². The molecule has 0 aliphatic rings. The Balaban J connectivity index is 1.88. The van der Waals surface area contributed by atoms with Crippen LogP contribution in [0.25, 0.3) is 10.9 Å². The summed E-state index contributed by atoms with van der Waals surface area (Å²) < 4.78 is 37.2. The number of methoxy groups -OCH3 is 2. The maximum absolute atomic E-state index is 12.0. The summed E-state index contributed by atoms with van der Waals surface area (Å²) in [5.41, 5.74) is 1.96. The molecule has 1 aromatic heterocycles. The van der Waals surface area contributed by atoms with Gasteiger partial charge in [-0.25, -0.2) is 18.4 Å². The van der Waals surface area contributed by atoms with Gasteiger partial charge in [0.2, 0.25) is 10.0 Å². The molecule has 3 rings (SSSR count). The number of nitrogens with one attached hydrogen (secondary N) is 2. The van der Waals surface area contributed by atoms with Crippen LogP contribution in [0.4, 0.5) is 17.2 Å². The van der Waals surface area contributed by atoms with Crippen molar-refractivity contribution in [2.75, 3.05) is 24.3 Å². The van der Waals surface area contributed by atoms with Crippen LogP contribution in [0.5, 0.6) is 11.5 Å². The minimum atomic E-state index is -3.38. The van der Waals surface area contributed by atoms with E-state index >= 15 is 0 Å². The quantitative estimate of drug-likeness (QED) is 0.623. The first kappa shape index (κ1) is 19.7. The number of hydrogen-bond donors (Lipinski definition) is 2. The molecule has 2 aromatic carbocycles. The number of ether oxygens (including phenoxy) is 2. The molecule has 0 aliphatic carbocycles. The third-order valence-corrected chi connectivity index (χ3v) is 5.93. The first-order valence-corrected chi connectivity index (χ1v) is 10.1. The number of rotatable bonds is 7. The Hall–Kier alpha value is -3.07. The molecule has 0 fully saturated rings. The van der Waals surface area contributed by atoms with Crippen LogP contribution >= 0.6 is 0 Å². The number of hydrogen-bond acceptors (Lipinski definition) is 7. The number of anilines is 3. The monoisotopic (exact) mass is 402 g/mol. The maximum atomic E-state index is 12.0. The molecule has 0 unspecified atom stereocenters. The van der Waals surface area contributed by atoms with Crippen LogP contribution in [-0.2, 0) is 10.0 Å². The van der Waals surface area contributed by atoms with E-state index in [1.807, 2.05) is 6.07 Å². The van der Waals surface area contributed by atoms with Gasteiger partial charge >= 0.3 is 0 Å². The van der Waals surface area contributed by atoms with Crippen LogP contribution < -0.4 is 19.5 Å². The third-order valence-electron chi connectivity index (χ3n) is 4.17. The molecular weight excluding hydrogens is 380 g/mol. The molecule has 0 spiro atoms. The fraction of sp³-hybridized carbons (Fsp3) is 0.263. The molecule has 9 heteroatoms. The van der Waals surface area contributed by atoms with Gasteiger partial charge in [-0.1, -0.05) is 0 Å². The standard InChI is InChI=1S/C19H22N4O4S/c1-12(2)28(24,25)23-14-7-5-13(6-8-14)22-19-15-9-17(26-3)18(27-4)10-16(15)20-11-21-19/h5-12,23H,1-4H3,(H,20,21,22). The fourth-order valence-corrected chi connectivity index (χ4v) is 3.22. The largest absolute Gasteiger partial charge is 0.493 e. The van der Waals surface area contributed by atoms with Crippen molar-refractivity contribution in [1.29, 1.82) is 0 Å². The molecule has 0 atom stereocenters. The molecule has 0 radical (unpaired) electrons. The van der Waals surface area contributed by atoms with Gasteiger partial charge < -0.3 is 14.8 Å². The van der Waals surface area contributed by atoms with E-state index in [1.165, 1.54) is 6.33 Å². The van der Waals surface area contributed by atoms with E-state index in [-0.39, 0.29) is 0 Å². The van der Waals surface area contributed by atoms with E-state index in [2.05, 4.69) is 20.0 Å². The molecule has 148 valence electrons. The summed E-state index contributed by atoms with van der Waals surface area (Å²) in [4.78, 5) is 8.58. The number of benzene rings is 2. The Morgan fingerprint density at radius 1 is 0.929 bits per heavy atom. The van der Waals surface area contributed by atoms with Gasteiger partial charge in [0.25, 0.3) is 0 Å². The van der Waals surface area contributed by atoms with E-state index < -0.39 is 15.3 Å². The zero-order chi connectivity index (χ0) is 20.3. The van der Waals surface area contributed by atoms with Crippen molar-refractivity contribution < 1.29 is 17.9 Å². The van der Waals surface area contributed by atoms with Gasteiger partial charge in [-0.15, -0.1) is 0 Å². The lowest BCUT2D eigenvalue weighted by Crippen LogP contribution is -2.22. The molecule has 0 aliphatic heterocycles. The molecule has 2 N–H and O–H groups in total. The van der Waals surface area contributed by atoms with Crippen LogP contribution in [0.15, 0.2) is 42.7 Å². The maximum Gasteiger partial charge on any atom is 0.235 e. The van der Waals surface area contributed by atoms with Crippen molar-refractivity contribution in [3.63, 3.8) is 0 Å². The Morgan fingerprint density at radius 2 is 1.54 bits per heavy atom. The lowest BCUT2D eigenvalue weighted by Gasteiger charge is -2.13. The highest BCUT2D eigenvalue weighted by atomic mass is 32.2. The summed E-state index contributed by atoms with van der Waals surface area (Å²) in [5, 5.41) is 3.48. The summed E-state index contributed by atoms with van der Waals surface area (Å²) in [7, 11) is -0.247. The van der Waals surface area contributed by atoms with Crippen molar-refractivity contribution in [2.24, 2.45) is 0 Å². The first-order valence-electron chi connectivity index (χ1n) is 8.59. The minimum absolute atomic E-state index is 0.498. The van der Waals surface area contributed by atoms with Crippen LogP contribution in [-0.4, -0.2) is 37.9 Å². The van der Waals surface area contributed by atoms with Crippen LogP contribution in [0, 0.1) is 0 Å². The Bertz CT molecular complexity index is 1080. The molecule has 28 heavy (non-hydrogen) atoms. The Kier molecular flexibility index (Phi) is 5.55. The van der Waals surface area contributed by atoms with Gasteiger partial charge in [-0.3, -0.25) is 4.72 Å².